The Labute approximate surface area is 245 Å². The van der Waals surface area contributed by atoms with E-state index in [9.17, 15) is 35.9 Å². The molecule has 5 rings (SSSR count). The smallest absolute Gasteiger partial charge is 0.322 e. The number of anilines is 3. The third-order valence-corrected chi connectivity index (χ3v) is 7.71. The Kier molecular flexibility index (Phi) is 7.14. The van der Waals surface area contributed by atoms with Gasteiger partial charge >= 0.3 is 12.4 Å². The van der Waals surface area contributed by atoms with E-state index in [1.165, 1.54) is 36.4 Å². The quantitative estimate of drug-likeness (QED) is 0.188. The molecule has 218 valence electrons. The van der Waals surface area contributed by atoms with Gasteiger partial charge in [0.25, 0.3) is 11.8 Å². The van der Waals surface area contributed by atoms with Crippen LogP contribution in [0.15, 0.2) is 60.7 Å². The number of nitrogens with zero attached hydrogens (tertiary/aromatic N) is 4. The summed E-state index contributed by atoms with van der Waals surface area (Å²) >= 11 is 5.59. The maximum absolute atomic E-state index is 13.6. The van der Waals surface area contributed by atoms with Gasteiger partial charge in [-0.05, 0) is 86.1 Å². The molecule has 1 saturated carbocycles. The van der Waals surface area contributed by atoms with Crippen LogP contribution in [-0.2, 0) is 17.1 Å². The van der Waals surface area contributed by atoms with Crippen LogP contribution in [0.4, 0.5) is 49.1 Å². The Hall–Kier alpha value is -4.95. The number of rotatable bonds is 4. The van der Waals surface area contributed by atoms with Gasteiger partial charge < -0.3 is 10.2 Å². The van der Waals surface area contributed by atoms with Gasteiger partial charge in [-0.3, -0.25) is 14.5 Å². The van der Waals surface area contributed by atoms with Crippen LogP contribution in [-0.4, -0.2) is 22.5 Å². The van der Waals surface area contributed by atoms with Crippen molar-refractivity contribution in [3.05, 3.63) is 94.3 Å². The summed E-state index contributed by atoms with van der Waals surface area (Å²) in [7, 11) is 0. The van der Waals surface area contributed by atoms with E-state index in [1.807, 2.05) is 0 Å². The van der Waals surface area contributed by atoms with E-state index in [2.05, 4.69) is 10.2 Å². The van der Waals surface area contributed by atoms with Gasteiger partial charge in [0.2, 0.25) is 0 Å². The van der Waals surface area contributed by atoms with E-state index in [4.69, 9.17) is 24.1 Å². The largest absolute Gasteiger partial charge is 0.417 e. The van der Waals surface area contributed by atoms with Crippen LogP contribution >= 0.6 is 12.2 Å². The van der Waals surface area contributed by atoms with Crippen LogP contribution in [0.2, 0.25) is 0 Å². The molecular weight excluding hydrogens is 596 g/mol. The molecule has 7 nitrogen and oxygen atoms in total. The van der Waals surface area contributed by atoms with Crippen molar-refractivity contribution in [3.8, 4) is 6.07 Å². The molecule has 1 aliphatic heterocycles. The molecule has 1 aliphatic carbocycles. The lowest BCUT2D eigenvalue weighted by Crippen LogP contribution is -2.55. The number of alkyl halides is 6. The molecule has 1 heterocycles. The minimum Gasteiger partial charge on any atom is -0.322 e. The van der Waals surface area contributed by atoms with Gasteiger partial charge in [-0.25, -0.2) is 4.85 Å². The molecule has 0 unspecified atom stereocenters. The van der Waals surface area contributed by atoms with Crippen LogP contribution in [0.5, 0.6) is 0 Å². The molecule has 0 radical (unpaired) electrons. The number of carbonyl (C=O) groups excluding carboxylic acids is 2. The fraction of sp³-hybridized carbons (Fsp3) is 0.207. The molecule has 1 N–H and O–H groups in total. The fourth-order valence-electron chi connectivity index (χ4n) is 5.12. The third kappa shape index (κ3) is 5.04. The van der Waals surface area contributed by atoms with Gasteiger partial charge in [-0.1, -0.05) is 6.07 Å². The van der Waals surface area contributed by atoms with Crippen molar-refractivity contribution in [2.75, 3.05) is 15.1 Å². The van der Waals surface area contributed by atoms with E-state index in [-0.39, 0.29) is 22.1 Å². The second kappa shape index (κ2) is 10.4. The molecule has 3 aromatic rings. The van der Waals surface area contributed by atoms with Crippen molar-refractivity contribution in [1.29, 1.82) is 5.26 Å². The molecule has 3 aromatic carbocycles. The number of thiocarbonyl (C=S) groups is 1. The minimum absolute atomic E-state index is 0.0310. The summed E-state index contributed by atoms with van der Waals surface area (Å²) in [5.74, 6) is -1.19. The van der Waals surface area contributed by atoms with E-state index in [1.54, 1.807) is 4.90 Å². The molecule has 1 saturated heterocycles. The van der Waals surface area contributed by atoms with E-state index in [0.717, 1.165) is 29.2 Å². The summed E-state index contributed by atoms with van der Waals surface area (Å²) in [5.41, 5.74) is -4.40. The Morgan fingerprint density at radius 2 is 1.58 bits per heavy atom. The minimum atomic E-state index is -4.83. The number of halogens is 6. The van der Waals surface area contributed by atoms with Crippen molar-refractivity contribution in [2.45, 2.75) is 37.2 Å². The first-order chi connectivity index (χ1) is 20.2. The summed E-state index contributed by atoms with van der Waals surface area (Å²) in [5, 5.41) is 11.5. The van der Waals surface area contributed by atoms with E-state index < -0.39 is 52.1 Å². The third-order valence-electron chi connectivity index (χ3n) is 7.35. The summed E-state index contributed by atoms with van der Waals surface area (Å²) < 4.78 is 80.1. The molecule has 0 bridgehead atoms. The summed E-state index contributed by atoms with van der Waals surface area (Å²) in [6.07, 6.45) is -8.14. The van der Waals surface area contributed by atoms with Crippen molar-refractivity contribution in [1.82, 2.24) is 0 Å². The highest BCUT2D eigenvalue weighted by molar-refractivity contribution is 7.81. The lowest BCUT2D eigenvalue weighted by atomic mass is 9.75. The number of amides is 2. The van der Waals surface area contributed by atoms with Crippen LogP contribution < -0.4 is 15.1 Å². The Morgan fingerprint density at radius 1 is 0.953 bits per heavy atom. The van der Waals surface area contributed by atoms with Crippen molar-refractivity contribution < 1.29 is 35.9 Å². The van der Waals surface area contributed by atoms with Gasteiger partial charge in [0.1, 0.15) is 5.54 Å². The predicted molar refractivity (Wildman–Crippen MR) is 147 cm³/mol. The second-order valence-corrected chi connectivity index (χ2v) is 10.2. The topological polar surface area (TPSA) is 80.8 Å². The van der Waals surface area contributed by atoms with E-state index in [0.29, 0.717) is 31.0 Å². The highest BCUT2D eigenvalue weighted by Gasteiger charge is 2.59. The molecule has 1 spiro atoms. The van der Waals surface area contributed by atoms with Crippen LogP contribution in [0.1, 0.15) is 46.3 Å². The molecular formula is C29H17F6N5O2S. The van der Waals surface area contributed by atoms with Crippen molar-refractivity contribution >= 4 is 51.9 Å². The normalized spacial score (nSPS) is 16.1. The zero-order valence-electron chi connectivity index (χ0n) is 21.7. The van der Waals surface area contributed by atoms with Gasteiger partial charge in [0.15, 0.2) is 10.8 Å². The number of hydrogen-bond donors (Lipinski definition) is 1. The molecule has 2 fully saturated rings. The second-order valence-electron chi connectivity index (χ2n) is 9.83. The average Bonchev–Trinajstić information content (AvgIpc) is 3.18. The Morgan fingerprint density at radius 3 is 2.12 bits per heavy atom. The molecule has 2 aliphatic rings. The van der Waals surface area contributed by atoms with Gasteiger partial charge in [-0.2, -0.15) is 31.6 Å². The molecule has 2 amide bonds. The van der Waals surface area contributed by atoms with Crippen LogP contribution in [0, 0.1) is 17.9 Å². The summed E-state index contributed by atoms with van der Waals surface area (Å²) in [6.45, 7) is 7.06. The number of nitriles is 1. The highest BCUT2D eigenvalue weighted by Crippen LogP contribution is 2.49. The maximum Gasteiger partial charge on any atom is 0.417 e. The molecule has 14 heteroatoms. The number of carbonyl (C=O) groups is 2. The van der Waals surface area contributed by atoms with Gasteiger partial charge in [0, 0.05) is 22.6 Å². The van der Waals surface area contributed by atoms with Crippen LogP contribution in [0.3, 0.4) is 0 Å². The van der Waals surface area contributed by atoms with Gasteiger partial charge in [-0.15, -0.1) is 0 Å². The maximum atomic E-state index is 13.6. The monoisotopic (exact) mass is 613 g/mol. The molecule has 0 aromatic heterocycles. The Bertz CT molecular complexity index is 1750. The van der Waals surface area contributed by atoms with Crippen molar-refractivity contribution in [2.24, 2.45) is 0 Å². The standard InChI is InChI=1S/C29H17F6N5O2S/c1-37-23-10-8-20(14-22(23)29(33,34)35)39-25(42)27(11-2-12-27)40(26(39)43)19-6-3-16(4-7-19)24(41)38-18-5-9-21(28(30,31)32)17(13-18)15-36/h3-10,13-14H,2,11-12H2,(H,38,41). The summed E-state index contributed by atoms with van der Waals surface area (Å²) in [6, 6.07) is 12.8. The first-order valence-electron chi connectivity index (χ1n) is 12.5. The zero-order chi connectivity index (χ0) is 31.3. The number of hydrogen-bond acceptors (Lipinski definition) is 4. The summed E-state index contributed by atoms with van der Waals surface area (Å²) in [4.78, 5) is 31.9. The predicted octanol–water partition coefficient (Wildman–Crippen LogP) is 7.46. The lowest BCUT2D eigenvalue weighted by molar-refractivity contribution is -0.138. The first kappa shape index (κ1) is 29.5. The fourth-order valence-corrected chi connectivity index (χ4v) is 5.59. The SMILES string of the molecule is [C-]#[N+]c1ccc(N2C(=O)C3(CCC3)N(c3ccc(C(=O)Nc4ccc(C(F)(F)F)c(C#N)c4)cc3)C2=S)cc1C(F)(F)F. The van der Waals surface area contributed by atoms with Crippen LogP contribution in [0.25, 0.3) is 4.85 Å². The Balaban J connectivity index is 1.42. The van der Waals surface area contributed by atoms with Crippen molar-refractivity contribution in [3.63, 3.8) is 0 Å². The number of nitrogens with one attached hydrogen (secondary N) is 1. The zero-order valence-corrected chi connectivity index (χ0v) is 22.5. The molecule has 0 atom stereocenters. The van der Waals surface area contributed by atoms with Gasteiger partial charge in [0.05, 0.1) is 29.3 Å². The van der Waals surface area contributed by atoms with E-state index >= 15 is 0 Å². The molecule has 43 heavy (non-hydrogen) atoms. The lowest BCUT2D eigenvalue weighted by Gasteiger charge is -2.43. The highest BCUT2D eigenvalue weighted by atomic mass is 32.1. The average molecular weight is 614 g/mol. The number of benzene rings is 3. The first-order valence-corrected chi connectivity index (χ1v) is 12.9.